The number of carbonyl (C=O) groups is 2. The highest BCUT2D eigenvalue weighted by Crippen LogP contribution is 2.40. The molecule has 0 unspecified atom stereocenters. The highest BCUT2D eigenvalue weighted by Gasteiger charge is 2.40. The minimum absolute atomic E-state index is 0.337. The van der Waals surface area contributed by atoms with Crippen molar-refractivity contribution >= 4 is 46.4 Å². The summed E-state index contributed by atoms with van der Waals surface area (Å²) < 4.78 is 5.16. The van der Waals surface area contributed by atoms with Crippen LogP contribution in [0.2, 0.25) is 5.02 Å². The van der Waals surface area contributed by atoms with Gasteiger partial charge in [-0.15, -0.1) is 11.8 Å². The van der Waals surface area contributed by atoms with Gasteiger partial charge in [0.15, 0.2) is 0 Å². The standard InChI is InChI=1S/C19H16ClNO3S/c1-3-25-17-16(12-8-10-13(24-2)11-9-12)18(22)21(19(17)23)15-7-5-4-6-14(15)20/h4-11H,3H2,1-2H3. The van der Waals surface area contributed by atoms with Gasteiger partial charge in [-0.1, -0.05) is 42.8 Å². The van der Waals surface area contributed by atoms with Crippen molar-refractivity contribution in [2.75, 3.05) is 17.8 Å². The Labute approximate surface area is 155 Å². The van der Waals surface area contributed by atoms with Gasteiger partial charge >= 0.3 is 0 Å². The van der Waals surface area contributed by atoms with E-state index in [4.69, 9.17) is 16.3 Å². The van der Waals surface area contributed by atoms with Gasteiger partial charge in [-0.25, -0.2) is 4.90 Å². The molecule has 1 aliphatic heterocycles. The number of thioether (sulfide) groups is 1. The highest BCUT2D eigenvalue weighted by atomic mass is 35.5. The second-order valence-corrected chi connectivity index (χ2v) is 6.94. The lowest BCUT2D eigenvalue weighted by molar-refractivity contribution is -0.119. The molecule has 0 atom stereocenters. The minimum atomic E-state index is -0.362. The van der Waals surface area contributed by atoms with Gasteiger partial charge in [0.05, 0.1) is 28.3 Å². The van der Waals surface area contributed by atoms with Gasteiger partial charge in [0.25, 0.3) is 11.8 Å². The Balaban J connectivity index is 2.09. The Morgan fingerprint density at radius 1 is 1.04 bits per heavy atom. The maximum atomic E-state index is 13.1. The van der Waals surface area contributed by atoms with Crippen LogP contribution < -0.4 is 9.64 Å². The molecule has 0 saturated heterocycles. The number of rotatable bonds is 5. The summed E-state index contributed by atoms with van der Waals surface area (Å²) in [5.74, 6) is 0.674. The normalized spacial score (nSPS) is 14.4. The lowest BCUT2D eigenvalue weighted by atomic mass is 10.1. The first kappa shape index (κ1) is 17.6. The lowest BCUT2D eigenvalue weighted by Crippen LogP contribution is -2.31. The fourth-order valence-corrected chi connectivity index (χ4v) is 3.73. The van der Waals surface area contributed by atoms with E-state index in [2.05, 4.69) is 0 Å². The van der Waals surface area contributed by atoms with Crippen LogP contribution >= 0.6 is 23.4 Å². The van der Waals surface area contributed by atoms with Crippen molar-refractivity contribution in [2.24, 2.45) is 0 Å². The first-order valence-electron chi connectivity index (χ1n) is 7.73. The average Bonchev–Trinajstić information content (AvgIpc) is 2.86. The van der Waals surface area contributed by atoms with E-state index in [1.165, 1.54) is 11.8 Å². The largest absolute Gasteiger partial charge is 0.497 e. The molecule has 0 fully saturated rings. The van der Waals surface area contributed by atoms with Crippen LogP contribution in [0, 0.1) is 0 Å². The summed E-state index contributed by atoms with van der Waals surface area (Å²) in [5, 5.41) is 0.362. The second kappa shape index (κ2) is 7.33. The predicted molar refractivity (Wildman–Crippen MR) is 102 cm³/mol. The number of hydrogen-bond donors (Lipinski definition) is 0. The van der Waals surface area contributed by atoms with E-state index in [9.17, 15) is 9.59 Å². The summed E-state index contributed by atoms with van der Waals surface area (Å²) in [5.41, 5.74) is 1.49. The van der Waals surface area contributed by atoms with E-state index in [1.807, 2.05) is 6.92 Å². The van der Waals surface area contributed by atoms with Gasteiger partial charge in [0.2, 0.25) is 0 Å². The van der Waals surface area contributed by atoms with Gasteiger partial charge in [0.1, 0.15) is 5.75 Å². The number of benzene rings is 2. The van der Waals surface area contributed by atoms with Gasteiger partial charge in [-0.2, -0.15) is 0 Å². The molecule has 0 aliphatic carbocycles. The molecule has 25 heavy (non-hydrogen) atoms. The van der Waals surface area contributed by atoms with Crippen LogP contribution in [0.3, 0.4) is 0 Å². The molecule has 0 bridgehead atoms. The molecule has 0 radical (unpaired) electrons. The van der Waals surface area contributed by atoms with Gasteiger partial charge in [-0.3, -0.25) is 9.59 Å². The summed E-state index contributed by atoms with van der Waals surface area (Å²) >= 11 is 7.57. The number of imide groups is 1. The zero-order valence-electron chi connectivity index (χ0n) is 13.8. The molecule has 128 valence electrons. The van der Waals surface area contributed by atoms with Crippen molar-refractivity contribution in [3.8, 4) is 5.75 Å². The number of anilines is 1. The lowest BCUT2D eigenvalue weighted by Gasteiger charge is -2.16. The highest BCUT2D eigenvalue weighted by molar-refractivity contribution is 8.04. The van der Waals surface area contributed by atoms with E-state index in [-0.39, 0.29) is 11.8 Å². The quantitative estimate of drug-likeness (QED) is 0.729. The molecule has 0 saturated carbocycles. The van der Waals surface area contributed by atoms with E-state index in [0.717, 1.165) is 4.90 Å². The Morgan fingerprint density at radius 3 is 2.32 bits per heavy atom. The summed E-state index contributed by atoms with van der Waals surface area (Å²) in [6, 6.07) is 13.9. The van der Waals surface area contributed by atoms with Gasteiger partial charge < -0.3 is 4.74 Å². The number of halogens is 1. The number of amides is 2. The van der Waals surface area contributed by atoms with E-state index in [0.29, 0.717) is 38.3 Å². The van der Waals surface area contributed by atoms with Crippen molar-refractivity contribution in [1.82, 2.24) is 0 Å². The molecule has 2 amide bonds. The number of para-hydroxylation sites is 1. The van der Waals surface area contributed by atoms with Crippen molar-refractivity contribution in [3.05, 3.63) is 64.0 Å². The fourth-order valence-electron chi connectivity index (χ4n) is 2.65. The smallest absolute Gasteiger partial charge is 0.272 e. The zero-order chi connectivity index (χ0) is 18.0. The topological polar surface area (TPSA) is 46.6 Å². The summed E-state index contributed by atoms with van der Waals surface area (Å²) in [4.78, 5) is 27.6. The maximum Gasteiger partial charge on any atom is 0.272 e. The maximum absolute atomic E-state index is 13.1. The van der Waals surface area contributed by atoms with Crippen LogP contribution in [-0.4, -0.2) is 24.7 Å². The van der Waals surface area contributed by atoms with Crippen LogP contribution in [0.25, 0.3) is 5.57 Å². The predicted octanol–water partition coefficient (Wildman–Crippen LogP) is 4.39. The molecule has 6 heteroatoms. The number of ether oxygens (including phenoxy) is 1. The Morgan fingerprint density at radius 2 is 1.72 bits per heavy atom. The molecule has 0 N–H and O–H groups in total. The molecule has 0 spiro atoms. The number of methoxy groups -OCH3 is 1. The molecule has 0 aromatic heterocycles. The van der Waals surface area contributed by atoms with Crippen LogP contribution in [0.1, 0.15) is 12.5 Å². The molecule has 2 aromatic rings. The van der Waals surface area contributed by atoms with Crippen molar-refractivity contribution in [3.63, 3.8) is 0 Å². The Hall–Kier alpha value is -2.24. The van der Waals surface area contributed by atoms with E-state index >= 15 is 0 Å². The minimum Gasteiger partial charge on any atom is -0.497 e. The molecular formula is C19H16ClNO3S. The summed E-state index contributed by atoms with van der Waals surface area (Å²) in [7, 11) is 1.58. The van der Waals surface area contributed by atoms with E-state index < -0.39 is 0 Å². The monoisotopic (exact) mass is 373 g/mol. The van der Waals surface area contributed by atoms with Crippen molar-refractivity contribution in [1.29, 1.82) is 0 Å². The third-order valence-electron chi connectivity index (χ3n) is 3.80. The second-order valence-electron chi connectivity index (χ2n) is 5.26. The molecule has 3 rings (SSSR count). The summed E-state index contributed by atoms with van der Waals surface area (Å²) in [6.45, 7) is 1.94. The van der Waals surface area contributed by atoms with Crippen LogP contribution in [0.5, 0.6) is 5.75 Å². The molecular weight excluding hydrogens is 358 g/mol. The average molecular weight is 374 g/mol. The zero-order valence-corrected chi connectivity index (χ0v) is 15.4. The third kappa shape index (κ3) is 3.17. The molecule has 1 heterocycles. The van der Waals surface area contributed by atoms with Crippen molar-refractivity contribution < 1.29 is 14.3 Å². The Bertz CT molecular complexity index is 861. The third-order valence-corrected chi connectivity index (χ3v) is 5.08. The molecule has 2 aromatic carbocycles. The summed E-state index contributed by atoms with van der Waals surface area (Å²) in [6.07, 6.45) is 0. The van der Waals surface area contributed by atoms with Crippen LogP contribution in [0.4, 0.5) is 5.69 Å². The van der Waals surface area contributed by atoms with E-state index in [1.54, 1.807) is 55.6 Å². The fraction of sp³-hybridized carbons (Fsp3) is 0.158. The van der Waals surface area contributed by atoms with Crippen LogP contribution in [-0.2, 0) is 9.59 Å². The number of hydrogen-bond acceptors (Lipinski definition) is 4. The SMILES string of the molecule is CCSC1=C(c2ccc(OC)cc2)C(=O)N(c2ccccc2Cl)C1=O. The Kier molecular flexibility index (Phi) is 5.16. The number of nitrogens with zero attached hydrogens (tertiary/aromatic N) is 1. The molecule has 4 nitrogen and oxygen atoms in total. The molecule has 1 aliphatic rings. The van der Waals surface area contributed by atoms with Gasteiger partial charge in [0, 0.05) is 0 Å². The number of carbonyl (C=O) groups excluding carboxylic acids is 2. The first-order valence-corrected chi connectivity index (χ1v) is 9.09. The van der Waals surface area contributed by atoms with Crippen LogP contribution in [0.15, 0.2) is 53.4 Å². The van der Waals surface area contributed by atoms with Gasteiger partial charge in [-0.05, 0) is 35.6 Å². The van der Waals surface area contributed by atoms with Crippen molar-refractivity contribution in [2.45, 2.75) is 6.92 Å². The first-order chi connectivity index (χ1) is 12.1.